The van der Waals surface area contributed by atoms with Crippen molar-refractivity contribution in [3.05, 3.63) is 33.1 Å². The van der Waals surface area contributed by atoms with Crippen LogP contribution in [0.1, 0.15) is 20.1 Å². The molecular weight excluding hydrogens is 310 g/mol. The number of carbonyl (C=O) groups excluding carboxylic acids is 1. The number of rotatable bonds is 3. The first kappa shape index (κ1) is 15.9. The lowest BCUT2D eigenvalue weighted by atomic mass is 10.1. The summed E-state index contributed by atoms with van der Waals surface area (Å²) in [6.45, 7) is 3.32. The van der Waals surface area contributed by atoms with Crippen molar-refractivity contribution in [2.24, 2.45) is 5.73 Å². The molecule has 0 radical (unpaired) electrons. The van der Waals surface area contributed by atoms with Crippen LogP contribution in [0.25, 0.3) is 0 Å². The summed E-state index contributed by atoms with van der Waals surface area (Å²) in [4.78, 5) is 36.5. The van der Waals surface area contributed by atoms with Gasteiger partial charge in [0.15, 0.2) is 18.1 Å². The molecule has 3 rings (SSSR count). The van der Waals surface area contributed by atoms with E-state index in [-0.39, 0.29) is 0 Å². The van der Waals surface area contributed by atoms with Gasteiger partial charge in [-0.15, -0.1) is 0 Å². The smallest absolute Gasteiger partial charge is 0.330 e. The number of hydrogen-bond acceptors (Lipinski definition) is 7. The Balaban J connectivity index is 2.00. The minimum atomic E-state index is -1.62. The fourth-order valence-corrected chi connectivity index (χ4v) is 2.88. The minimum Gasteiger partial charge on any atom is -0.380 e. The molecule has 23 heavy (non-hydrogen) atoms. The maximum atomic E-state index is 12.0. The van der Waals surface area contributed by atoms with Crippen molar-refractivity contribution >= 4 is 5.91 Å². The summed E-state index contributed by atoms with van der Waals surface area (Å²) in [5.74, 6) is -1.96. The van der Waals surface area contributed by atoms with E-state index in [1.54, 1.807) is 13.8 Å². The molecular formula is C13H17N3O7. The van der Waals surface area contributed by atoms with E-state index in [0.717, 1.165) is 10.6 Å². The summed E-state index contributed by atoms with van der Waals surface area (Å²) in [6.07, 6.45) is -4.00. The Labute approximate surface area is 129 Å². The summed E-state index contributed by atoms with van der Waals surface area (Å²) < 4.78 is 18.1. The molecule has 1 aromatic heterocycles. The first-order valence-electron chi connectivity index (χ1n) is 6.99. The molecule has 1 amide bonds. The Morgan fingerprint density at radius 1 is 1.39 bits per heavy atom. The number of aliphatic hydroxyl groups excluding tert-OH is 1. The van der Waals surface area contributed by atoms with Crippen LogP contribution in [0.2, 0.25) is 0 Å². The molecule has 10 nitrogen and oxygen atoms in total. The van der Waals surface area contributed by atoms with Gasteiger partial charge in [-0.25, -0.2) is 4.79 Å². The van der Waals surface area contributed by atoms with Crippen LogP contribution in [0.5, 0.6) is 0 Å². The van der Waals surface area contributed by atoms with E-state index >= 15 is 0 Å². The highest BCUT2D eigenvalue weighted by molar-refractivity contribution is 5.79. The zero-order valence-corrected chi connectivity index (χ0v) is 12.5. The molecule has 0 saturated carbocycles. The monoisotopic (exact) mass is 327 g/mol. The van der Waals surface area contributed by atoms with Crippen molar-refractivity contribution in [2.75, 3.05) is 0 Å². The van der Waals surface area contributed by atoms with E-state index < -0.39 is 53.6 Å². The molecule has 0 aliphatic carbocycles. The number of primary amides is 1. The second-order valence-electron chi connectivity index (χ2n) is 5.92. The van der Waals surface area contributed by atoms with Crippen LogP contribution in [-0.4, -0.2) is 50.8 Å². The molecule has 5 atom stereocenters. The quantitative estimate of drug-likeness (QED) is 0.571. The lowest BCUT2D eigenvalue weighted by Crippen LogP contribution is -2.45. The van der Waals surface area contributed by atoms with Crippen molar-refractivity contribution < 1.29 is 24.1 Å². The van der Waals surface area contributed by atoms with Gasteiger partial charge in [0.1, 0.15) is 18.3 Å². The molecule has 0 aromatic carbocycles. The molecule has 10 heteroatoms. The third kappa shape index (κ3) is 2.70. The Kier molecular flexibility index (Phi) is 3.64. The number of aromatic amines is 1. The summed E-state index contributed by atoms with van der Waals surface area (Å²) in [5, 5.41) is 9.94. The minimum absolute atomic E-state index is 0.557. The van der Waals surface area contributed by atoms with Gasteiger partial charge in [0.2, 0.25) is 5.91 Å². The van der Waals surface area contributed by atoms with Gasteiger partial charge < -0.3 is 25.1 Å². The summed E-state index contributed by atoms with van der Waals surface area (Å²) in [5.41, 5.74) is 3.86. The Morgan fingerprint density at radius 2 is 2.04 bits per heavy atom. The highest BCUT2D eigenvalue weighted by Gasteiger charge is 2.58. The van der Waals surface area contributed by atoms with Crippen molar-refractivity contribution in [1.82, 2.24) is 9.55 Å². The maximum absolute atomic E-state index is 12.0. The molecule has 1 unspecified atom stereocenters. The average Bonchev–Trinajstić information content (AvgIpc) is 2.91. The molecule has 2 aliphatic rings. The van der Waals surface area contributed by atoms with E-state index in [9.17, 15) is 19.5 Å². The second kappa shape index (κ2) is 5.27. The first-order valence-corrected chi connectivity index (χ1v) is 6.99. The van der Waals surface area contributed by atoms with Crippen molar-refractivity contribution in [2.45, 2.75) is 50.3 Å². The predicted octanol–water partition coefficient (Wildman–Crippen LogP) is -2.20. The molecule has 2 aliphatic heterocycles. The number of nitrogens with zero attached hydrogens (tertiary/aromatic N) is 1. The lowest BCUT2D eigenvalue weighted by molar-refractivity contribution is -0.207. The van der Waals surface area contributed by atoms with Crippen LogP contribution in [0.4, 0.5) is 0 Å². The number of amides is 1. The number of aliphatic hydroxyl groups is 1. The van der Waals surface area contributed by atoms with Crippen LogP contribution >= 0.6 is 0 Å². The number of nitrogens with one attached hydrogen (secondary N) is 1. The van der Waals surface area contributed by atoms with Crippen LogP contribution < -0.4 is 17.0 Å². The second-order valence-corrected chi connectivity index (χ2v) is 5.92. The van der Waals surface area contributed by atoms with Crippen molar-refractivity contribution in [3.63, 3.8) is 0 Å². The number of hydrogen-bond donors (Lipinski definition) is 3. The lowest BCUT2D eigenvalue weighted by Gasteiger charge is -2.25. The Morgan fingerprint density at radius 3 is 2.65 bits per heavy atom. The van der Waals surface area contributed by atoms with Gasteiger partial charge >= 0.3 is 5.69 Å². The number of aromatic nitrogens is 2. The largest absolute Gasteiger partial charge is 0.380 e. The molecule has 0 bridgehead atoms. The number of nitrogens with two attached hydrogens (primary N) is 1. The number of H-pyrrole nitrogens is 1. The van der Waals surface area contributed by atoms with Gasteiger partial charge in [-0.1, -0.05) is 0 Å². The molecule has 2 fully saturated rings. The summed E-state index contributed by atoms with van der Waals surface area (Å²) in [7, 11) is 0. The normalized spacial score (nSPS) is 33.3. The zero-order chi connectivity index (χ0) is 16.9. The highest BCUT2D eigenvalue weighted by atomic mass is 16.8. The molecule has 3 heterocycles. The van der Waals surface area contributed by atoms with Gasteiger partial charge in [0, 0.05) is 12.3 Å². The predicted molar refractivity (Wildman–Crippen MR) is 74.3 cm³/mol. The third-order valence-corrected chi connectivity index (χ3v) is 3.79. The van der Waals surface area contributed by atoms with Crippen LogP contribution in [0.15, 0.2) is 21.9 Å². The van der Waals surface area contributed by atoms with Gasteiger partial charge in [-0.2, -0.15) is 0 Å². The van der Waals surface area contributed by atoms with Crippen LogP contribution in [0, 0.1) is 0 Å². The summed E-state index contributed by atoms with van der Waals surface area (Å²) in [6, 6.07) is 1.15. The number of carbonyl (C=O) groups is 1. The van der Waals surface area contributed by atoms with Crippen molar-refractivity contribution in [3.8, 4) is 0 Å². The fraction of sp³-hybridized carbons (Fsp3) is 0.615. The molecule has 2 saturated heterocycles. The van der Waals surface area contributed by atoms with Gasteiger partial charge in [-0.3, -0.25) is 19.1 Å². The number of ether oxygens (including phenoxy) is 3. The van der Waals surface area contributed by atoms with E-state index in [4.69, 9.17) is 19.9 Å². The molecule has 4 N–H and O–H groups in total. The number of fused-ring (bicyclic) bond motifs is 1. The highest BCUT2D eigenvalue weighted by Crippen LogP contribution is 2.43. The topological polar surface area (TPSA) is 146 Å². The van der Waals surface area contributed by atoms with Gasteiger partial charge in [0.05, 0.1) is 0 Å². The standard InChI is InChI=1S/C13H17N3O7/c1-13(2)22-8-7(6(18)10(14)19)21-11(9(8)23-13)16-4-3-5(17)15-12(16)20/h3-4,6-9,11,18H,1-2H3,(H2,14,19)(H,15,17,20)/t6?,7-,8-,9-,11-/m1/s1. The first-order chi connectivity index (χ1) is 10.7. The average molecular weight is 327 g/mol. The zero-order valence-electron chi connectivity index (χ0n) is 12.5. The van der Waals surface area contributed by atoms with Gasteiger partial charge in [-0.05, 0) is 13.8 Å². The van der Waals surface area contributed by atoms with Crippen molar-refractivity contribution in [1.29, 1.82) is 0 Å². The van der Waals surface area contributed by atoms with E-state index in [2.05, 4.69) is 4.98 Å². The molecule has 0 spiro atoms. The van der Waals surface area contributed by atoms with E-state index in [1.807, 2.05) is 0 Å². The third-order valence-electron chi connectivity index (χ3n) is 3.79. The summed E-state index contributed by atoms with van der Waals surface area (Å²) >= 11 is 0. The fourth-order valence-electron chi connectivity index (χ4n) is 2.88. The van der Waals surface area contributed by atoms with E-state index in [1.165, 1.54) is 6.20 Å². The Bertz CT molecular complexity index is 740. The van der Waals surface area contributed by atoms with Gasteiger partial charge in [0.25, 0.3) is 5.56 Å². The van der Waals surface area contributed by atoms with E-state index in [0.29, 0.717) is 0 Å². The maximum Gasteiger partial charge on any atom is 0.330 e. The van der Waals surface area contributed by atoms with Crippen LogP contribution in [0.3, 0.4) is 0 Å². The molecule has 126 valence electrons. The molecule has 1 aromatic rings. The SMILES string of the molecule is CC1(C)O[C@@H]2[C@H](O1)[C@@H](C(O)C(N)=O)O[C@H]2n1ccc(=O)[nH]c1=O. The Hall–Kier alpha value is -2.01. The van der Waals surface area contributed by atoms with Crippen LogP contribution in [-0.2, 0) is 19.0 Å².